The topological polar surface area (TPSA) is 66.7 Å². The van der Waals surface area contributed by atoms with E-state index in [9.17, 15) is 0 Å². The summed E-state index contributed by atoms with van der Waals surface area (Å²) in [6, 6.07) is 8.86. The second kappa shape index (κ2) is 5.00. The van der Waals surface area contributed by atoms with Gasteiger partial charge in [-0.2, -0.15) is 4.98 Å². The number of fused-ring (bicyclic) bond motifs is 3. The molecule has 0 aliphatic heterocycles. The molecule has 5 heteroatoms. The molecule has 0 saturated carbocycles. The van der Waals surface area contributed by atoms with Crippen LogP contribution in [0, 0.1) is 6.92 Å². The zero-order chi connectivity index (χ0) is 14.2. The number of para-hydroxylation sites is 1. The summed E-state index contributed by atoms with van der Waals surface area (Å²) in [5.74, 6) is 1.33. The van der Waals surface area contributed by atoms with Crippen molar-refractivity contribution in [2.24, 2.45) is 0 Å². The van der Waals surface area contributed by atoms with Crippen molar-refractivity contribution in [3.8, 4) is 0 Å². The molecule has 2 heterocycles. The fraction of sp³-hybridized carbons (Fsp3) is 0.375. The van der Waals surface area contributed by atoms with Crippen LogP contribution in [0.5, 0.6) is 0 Å². The van der Waals surface area contributed by atoms with E-state index in [0.29, 0.717) is 24.3 Å². The Morgan fingerprint density at radius 3 is 3.14 bits per heavy atom. The highest BCUT2D eigenvalue weighted by atomic mass is 16.5. The van der Waals surface area contributed by atoms with Gasteiger partial charge in [-0.05, 0) is 37.8 Å². The van der Waals surface area contributed by atoms with Crippen LogP contribution in [0.4, 0.5) is 0 Å². The summed E-state index contributed by atoms with van der Waals surface area (Å²) in [4.78, 5) is 7.82. The standard InChI is InChI=1S/C16H18N4O/c1-10-18-15(21-20-10)9-17-14-8-4-6-12-11-5-2-3-7-13(11)19-16(12)14/h2-3,5,7,14,17,19H,4,6,8-9H2,1H3. The fourth-order valence-electron chi connectivity index (χ4n) is 3.24. The Labute approximate surface area is 122 Å². The number of nitrogens with zero attached hydrogens (tertiary/aromatic N) is 2. The van der Waals surface area contributed by atoms with Gasteiger partial charge in [-0.1, -0.05) is 23.4 Å². The lowest BCUT2D eigenvalue weighted by Crippen LogP contribution is -2.25. The number of aryl methyl sites for hydroxylation is 2. The van der Waals surface area contributed by atoms with Crippen molar-refractivity contribution < 1.29 is 4.52 Å². The third-order valence-electron chi connectivity index (χ3n) is 4.18. The molecule has 1 aliphatic rings. The summed E-state index contributed by atoms with van der Waals surface area (Å²) in [5.41, 5.74) is 4.00. The highest BCUT2D eigenvalue weighted by molar-refractivity contribution is 5.85. The lowest BCUT2D eigenvalue weighted by Gasteiger charge is -2.23. The monoisotopic (exact) mass is 282 g/mol. The Hall–Kier alpha value is -2.14. The minimum Gasteiger partial charge on any atom is -0.357 e. The molecule has 0 bridgehead atoms. The molecule has 5 nitrogen and oxygen atoms in total. The third kappa shape index (κ3) is 2.23. The molecule has 0 amide bonds. The molecule has 1 aromatic carbocycles. The lowest BCUT2D eigenvalue weighted by atomic mass is 9.92. The van der Waals surface area contributed by atoms with Crippen molar-refractivity contribution in [2.45, 2.75) is 38.8 Å². The molecule has 2 aromatic heterocycles. The highest BCUT2D eigenvalue weighted by Crippen LogP contribution is 2.34. The first-order valence-corrected chi connectivity index (χ1v) is 7.43. The average Bonchev–Trinajstić information content (AvgIpc) is 3.09. The molecule has 0 fully saturated rings. The normalized spacial score (nSPS) is 18.0. The van der Waals surface area contributed by atoms with E-state index in [1.807, 2.05) is 6.92 Å². The van der Waals surface area contributed by atoms with Crippen molar-refractivity contribution >= 4 is 10.9 Å². The largest absolute Gasteiger partial charge is 0.357 e. The number of nitrogens with one attached hydrogen (secondary N) is 2. The van der Waals surface area contributed by atoms with Gasteiger partial charge in [0, 0.05) is 22.6 Å². The Morgan fingerprint density at radius 2 is 2.29 bits per heavy atom. The molecule has 1 aliphatic carbocycles. The van der Waals surface area contributed by atoms with E-state index in [0.717, 1.165) is 12.8 Å². The van der Waals surface area contributed by atoms with Crippen molar-refractivity contribution in [3.63, 3.8) is 0 Å². The van der Waals surface area contributed by atoms with Gasteiger partial charge in [0.2, 0.25) is 5.89 Å². The molecule has 1 unspecified atom stereocenters. The zero-order valence-electron chi connectivity index (χ0n) is 12.0. The number of hydrogen-bond acceptors (Lipinski definition) is 4. The molecule has 3 aromatic rings. The van der Waals surface area contributed by atoms with Gasteiger partial charge in [-0.25, -0.2) is 0 Å². The van der Waals surface area contributed by atoms with Crippen LogP contribution in [0.15, 0.2) is 28.8 Å². The molecule has 4 rings (SSSR count). The Bertz CT molecular complexity index is 774. The maximum atomic E-state index is 5.17. The first kappa shape index (κ1) is 12.6. The summed E-state index contributed by atoms with van der Waals surface area (Å²) in [5, 5.41) is 8.72. The van der Waals surface area contributed by atoms with Gasteiger partial charge < -0.3 is 14.8 Å². The van der Waals surface area contributed by atoms with Crippen molar-refractivity contribution in [3.05, 3.63) is 47.2 Å². The second-order valence-electron chi connectivity index (χ2n) is 5.62. The maximum absolute atomic E-state index is 5.17. The number of aromatic amines is 1. The first-order valence-electron chi connectivity index (χ1n) is 7.43. The van der Waals surface area contributed by atoms with E-state index in [4.69, 9.17) is 4.52 Å². The summed E-state index contributed by atoms with van der Waals surface area (Å²) in [7, 11) is 0. The van der Waals surface area contributed by atoms with Crippen LogP contribution in [0.1, 0.15) is 41.9 Å². The first-order chi connectivity index (χ1) is 10.3. The number of rotatable bonds is 3. The highest BCUT2D eigenvalue weighted by Gasteiger charge is 2.24. The molecule has 0 radical (unpaired) electrons. The molecule has 0 spiro atoms. The lowest BCUT2D eigenvalue weighted by molar-refractivity contribution is 0.346. The van der Waals surface area contributed by atoms with Gasteiger partial charge in [0.05, 0.1) is 6.54 Å². The zero-order valence-corrected chi connectivity index (χ0v) is 12.0. The SMILES string of the molecule is Cc1noc(CNC2CCCc3c2[nH]c2ccccc32)n1. The summed E-state index contributed by atoms with van der Waals surface area (Å²) >= 11 is 0. The Kier molecular flexibility index (Phi) is 3.00. The molecule has 1 atom stereocenters. The fourth-order valence-corrected chi connectivity index (χ4v) is 3.24. The summed E-state index contributed by atoms with van der Waals surface area (Å²) in [6.07, 6.45) is 3.49. The Balaban J connectivity index is 1.61. The van der Waals surface area contributed by atoms with Crippen LogP contribution in [-0.4, -0.2) is 15.1 Å². The van der Waals surface area contributed by atoms with Crippen LogP contribution < -0.4 is 5.32 Å². The number of H-pyrrole nitrogens is 1. The second-order valence-corrected chi connectivity index (χ2v) is 5.62. The molecule has 2 N–H and O–H groups in total. The smallest absolute Gasteiger partial charge is 0.240 e. The predicted molar refractivity (Wildman–Crippen MR) is 79.9 cm³/mol. The number of hydrogen-bond donors (Lipinski definition) is 2. The van der Waals surface area contributed by atoms with Crippen LogP contribution in [-0.2, 0) is 13.0 Å². The van der Waals surface area contributed by atoms with Gasteiger partial charge in [0.1, 0.15) is 0 Å². The summed E-state index contributed by atoms with van der Waals surface area (Å²) in [6.45, 7) is 2.45. The van der Waals surface area contributed by atoms with Gasteiger partial charge >= 0.3 is 0 Å². The van der Waals surface area contributed by atoms with Crippen molar-refractivity contribution in [2.75, 3.05) is 0 Å². The quantitative estimate of drug-likeness (QED) is 0.775. The van der Waals surface area contributed by atoms with Gasteiger partial charge in [-0.15, -0.1) is 0 Å². The summed E-state index contributed by atoms with van der Waals surface area (Å²) < 4.78 is 5.17. The van der Waals surface area contributed by atoms with E-state index in [2.05, 4.69) is 44.7 Å². The van der Waals surface area contributed by atoms with Crippen molar-refractivity contribution in [1.82, 2.24) is 20.4 Å². The predicted octanol–water partition coefficient (Wildman–Crippen LogP) is 3.03. The minimum atomic E-state index is 0.327. The van der Waals surface area contributed by atoms with E-state index in [-0.39, 0.29) is 0 Å². The molecule has 108 valence electrons. The Morgan fingerprint density at radius 1 is 1.38 bits per heavy atom. The van der Waals surface area contributed by atoms with Gasteiger partial charge in [-0.3, -0.25) is 0 Å². The van der Waals surface area contributed by atoms with Crippen LogP contribution in [0.25, 0.3) is 10.9 Å². The average molecular weight is 282 g/mol. The molecule has 0 saturated heterocycles. The molecular formula is C16H18N4O. The van der Waals surface area contributed by atoms with E-state index in [1.165, 1.54) is 28.6 Å². The van der Waals surface area contributed by atoms with E-state index < -0.39 is 0 Å². The van der Waals surface area contributed by atoms with E-state index >= 15 is 0 Å². The van der Waals surface area contributed by atoms with Crippen LogP contribution in [0.3, 0.4) is 0 Å². The number of aromatic nitrogens is 3. The third-order valence-corrected chi connectivity index (χ3v) is 4.18. The molecular weight excluding hydrogens is 264 g/mol. The van der Waals surface area contributed by atoms with Crippen molar-refractivity contribution in [1.29, 1.82) is 0 Å². The van der Waals surface area contributed by atoms with Gasteiger partial charge in [0.15, 0.2) is 5.82 Å². The van der Waals surface area contributed by atoms with Crippen LogP contribution in [0.2, 0.25) is 0 Å². The van der Waals surface area contributed by atoms with Gasteiger partial charge in [0.25, 0.3) is 0 Å². The minimum absolute atomic E-state index is 0.327. The van der Waals surface area contributed by atoms with E-state index in [1.54, 1.807) is 0 Å². The maximum Gasteiger partial charge on any atom is 0.240 e. The number of benzene rings is 1. The molecule has 21 heavy (non-hydrogen) atoms. The van der Waals surface area contributed by atoms with Crippen LogP contribution >= 0.6 is 0 Å².